The van der Waals surface area contributed by atoms with Crippen LogP contribution in [0.4, 0.5) is 36.8 Å². The van der Waals surface area contributed by atoms with Crippen molar-refractivity contribution in [1.29, 1.82) is 0 Å². The van der Waals surface area contributed by atoms with Crippen molar-refractivity contribution in [1.82, 2.24) is 4.90 Å². The lowest BCUT2D eigenvalue weighted by atomic mass is 9.92. The molecule has 38 heavy (non-hydrogen) atoms. The fourth-order valence-corrected chi connectivity index (χ4v) is 4.10. The van der Waals surface area contributed by atoms with Gasteiger partial charge in [0.2, 0.25) is 0 Å². The topological polar surface area (TPSA) is 62.2 Å². The van der Waals surface area contributed by atoms with E-state index in [-0.39, 0.29) is 32.8 Å². The molecule has 0 radical (unpaired) electrons. The highest BCUT2D eigenvalue weighted by atomic mass is 19.4. The number of carbonyl (C=O) groups is 1. The molecule has 1 atom stereocenters. The van der Waals surface area contributed by atoms with E-state index in [2.05, 4.69) is 0 Å². The van der Waals surface area contributed by atoms with E-state index < -0.39 is 41.3 Å². The van der Waals surface area contributed by atoms with Crippen molar-refractivity contribution in [3.8, 4) is 0 Å². The second-order valence-electron chi connectivity index (χ2n) is 10.0. The number of ether oxygens (including phenoxy) is 2. The number of anilines is 1. The van der Waals surface area contributed by atoms with Gasteiger partial charge in [0.15, 0.2) is 0 Å². The molecule has 0 aliphatic carbocycles. The van der Waals surface area contributed by atoms with Gasteiger partial charge >= 0.3 is 18.4 Å². The molecular formula is C26H30F6N2O4. The minimum atomic E-state index is -5.97. The summed E-state index contributed by atoms with van der Waals surface area (Å²) in [4.78, 5) is 15.9. The van der Waals surface area contributed by atoms with Crippen molar-refractivity contribution >= 4 is 11.8 Å². The summed E-state index contributed by atoms with van der Waals surface area (Å²) in [7, 11) is 0. The number of rotatable bonds is 6. The largest absolute Gasteiger partial charge is 0.444 e. The molecule has 1 N–H and O–H groups in total. The highest BCUT2D eigenvalue weighted by Gasteiger charge is 2.71. The molecule has 0 spiro atoms. The van der Waals surface area contributed by atoms with Gasteiger partial charge in [-0.15, -0.1) is 0 Å². The lowest BCUT2D eigenvalue weighted by molar-refractivity contribution is -0.376. The van der Waals surface area contributed by atoms with E-state index in [1.165, 1.54) is 4.90 Å². The van der Waals surface area contributed by atoms with E-state index in [0.29, 0.717) is 17.8 Å². The summed E-state index contributed by atoms with van der Waals surface area (Å²) in [6, 6.07) is 12.2. The van der Waals surface area contributed by atoms with Crippen molar-refractivity contribution < 1.29 is 45.7 Å². The van der Waals surface area contributed by atoms with Crippen molar-refractivity contribution in [2.24, 2.45) is 0 Å². The normalized spacial score (nSPS) is 17.5. The Morgan fingerprint density at radius 2 is 1.50 bits per heavy atom. The van der Waals surface area contributed by atoms with E-state index in [9.17, 15) is 36.2 Å². The highest BCUT2D eigenvalue weighted by molar-refractivity contribution is 5.69. The predicted octanol–water partition coefficient (Wildman–Crippen LogP) is 5.64. The molecule has 0 unspecified atom stereocenters. The monoisotopic (exact) mass is 548 g/mol. The molecule has 210 valence electrons. The van der Waals surface area contributed by atoms with Gasteiger partial charge in [0.1, 0.15) is 5.60 Å². The number of amides is 1. The Kier molecular flexibility index (Phi) is 8.57. The molecule has 6 nitrogen and oxygen atoms in total. The number of halogens is 6. The van der Waals surface area contributed by atoms with Crippen LogP contribution in [-0.2, 0) is 21.7 Å². The number of alkyl halides is 6. The first-order chi connectivity index (χ1) is 17.5. The van der Waals surface area contributed by atoms with Crippen LogP contribution in [0.1, 0.15) is 31.9 Å². The lowest BCUT2D eigenvalue weighted by Crippen LogP contribution is -2.57. The Bertz CT molecular complexity index is 1050. The van der Waals surface area contributed by atoms with Crippen LogP contribution in [0.25, 0.3) is 0 Å². The predicted molar refractivity (Wildman–Crippen MR) is 127 cm³/mol. The van der Waals surface area contributed by atoms with Gasteiger partial charge in [0, 0.05) is 30.9 Å². The summed E-state index contributed by atoms with van der Waals surface area (Å²) in [6.07, 6.45) is -12.5. The van der Waals surface area contributed by atoms with Crippen molar-refractivity contribution in [2.75, 3.05) is 31.1 Å². The first-order valence-electron chi connectivity index (χ1n) is 11.9. The van der Waals surface area contributed by atoms with Crippen LogP contribution in [0.5, 0.6) is 0 Å². The minimum absolute atomic E-state index is 0.116. The van der Waals surface area contributed by atoms with Gasteiger partial charge < -0.3 is 24.4 Å². The number of hydrogen-bond acceptors (Lipinski definition) is 5. The smallest absolute Gasteiger partial charge is 0.430 e. The molecule has 1 fully saturated rings. The van der Waals surface area contributed by atoms with Crippen LogP contribution in [0.15, 0.2) is 54.6 Å². The maximum atomic E-state index is 13.3. The van der Waals surface area contributed by atoms with Gasteiger partial charge in [0.05, 0.1) is 19.3 Å². The van der Waals surface area contributed by atoms with E-state index in [1.807, 2.05) is 30.3 Å². The Labute approximate surface area is 216 Å². The van der Waals surface area contributed by atoms with Gasteiger partial charge in [-0.3, -0.25) is 0 Å². The third kappa shape index (κ3) is 6.71. The SMILES string of the molecule is CC(C)(C)OC(=O)N1CCN(c2ccc(C(O)(C(F)(F)F)C(F)(F)F)cc2)[C@@H](COCc2ccccc2)C1. The van der Waals surface area contributed by atoms with E-state index in [4.69, 9.17) is 9.47 Å². The molecule has 1 aliphatic heterocycles. The average Bonchev–Trinajstić information content (AvgIpc) is 2.82. The zero-order valence-corrected chi connectivity index (χ0v) is 21.1. The van der Waals surface area contributed by atoms with Crippen LogP contribution >= 0.6 is 0 Å². The summed E-state index contributed by atoms with van der Waals surface area (Å²) < 4.78 is 90.9. The van der Waals surface area contributed by atoms with Crippen molar-refractivity contribution in [2.45, 2.75) is 57.0 Å². The molecule has 1 aliphatic rings. The second kappa shape index (κ2) is 11.0. The minimum Gasteiger partial charge on any atom is -0.444 e. The number of benzene rings is 2. The Morgan fingerprint density at radius 3 is 2.03 bits per heavy atom. The third-order valence-corrected chi connectivity index (χ3v) is 5.99. The molecule has 1 heterocycles. The van der Waals surface area contributed by atoms with Crippen LogP contribution < -0.4 is 4.90 Å². The Morgan fingerprint density at radius 1 is 0.921 bits per heavy atom. The van der Waals surface area contributed by atoms with Crippen LogP contribution in [0.2, 0.25) is 0 Å². The average molecular weight is 549 g/mol. The molecule has 3 rings (SSSR count). The zero-order chi connectivity index (χ0) is 28.4. The zero-order valence-electron chi connectivity index (χ0n) is 21.1. The van der Waals surface area contributed by atoms with Crippen molar-refractivity contribution in [3.63, 3.8) is 0 Å². The molecule has 1 saturated heterocycles. The summed E-state index contributed by atoms with van der Waals surface area (Å²) in [5.74, 6) is 0. The van der Waals surface area contributed by atoms with E-state index in [0.717, 1.165) is 17.7 Å². The lowest BCUT2D eigenvalue weighted by Gasteiger charge is -2.43. The molecule has 12 heteroatoms. The first-order valence-corrected chi connectivity index (χ1v) is 11.9. The maximum absolute atomic E-state index is 13.3. The Hall–Kier alpha value is -2.99. The second-order valence-corrected chi connectivity index (χ2v) is 10.0. The number of hydrogen-bond donors (Lipinski definition) is 1. The number of carbonyl (C=O) groups excluding carboxylic acids is 1. The molecule has 1 amide bonds. The van der Waals surface area contributed by atoms with Gasteiger partial charge in [-0.25, -0.2) is 4.79 Å². The van der Waals surface area contributed by atoms with Gasteiger partial charge in [-0.2, -0.15) is 26.3 Å². The number of aliphatic hydroxyl groups is 1. The fraction of sp³-hybridized carbons (Fsp3) is 0.500. The molecule has 0 aromatic heterocycles. The standard InChI is InChI=1S/C26H30F6N2O4/c1-23(2,3)38-22(35)33-13-14-34(21(15-33)17-37-16-18-7-5-4-6-8-18)20-11-9-19(10-12-20)24(36,25(27,28)29)26(30,31)32/h4-12,21,36H,13-17H2,1-3H3/t21-/m1/s1. The highest BCUT2D eigenvalue weighted by Crippen LogP contribution is 2.50. The summed E-state index contributed by atoms with van der Waals surface area (Å²) in [5, 5.41) is 9.68. The van der Waals surface area contributed by atoms with Gasteiger partial charge in [-0.1, -0.05) is 42.5 Å². The maximum Gasteiger partial charge on any atom is 0.430 e. The summed E-state index contributed by atoms with van der Waals surface area (Å²) in [5.41, 5.74) is -5.85. The number of nitrogens with zero attached hydrogens (tertiary/aromatic N) is 2. The van der Waals surface area contributed by atoms with E-state index >= 15 is 0 Å². The quantitative estimate of drug-likeness (QED) is 0.474. The summed E-state index contributed by atoms with van der Waals surface area (Å²) in [6.45, 7) is 6.15. The molecule has 0 bridgehead atoms. The molecular weight excluding hydrogens is 518 g/mol. The molecule has 2 aromatic rings. The molecule has 0 saturated carbocycles. The summed E-state index contributed by atoms with van der Waals surface area (Å²) >= 11 is 0. The fourth-order valence-electron chi connectivity index (χ4n) is 4.10. The number of piperazine rings is 1. The Balaban J connectivity index is 1.83. The van der Waals surface area contributed by atoms with Crippen molar-refractivity contribution in [3.05, 3.63) is 65.7 Å². The van der Waals surface area contributed by atoms with Crippen LogP contribution in [-0.4, -0.2) is 66.3 Å². The van der Waals surface area contributed by atoms with E-state index in [1.54, 1.807) is 25.7 Å². The first kappa shape index (κ1) is 29.6. The van der Waals surface area contributed by atoms with Gasteiger partial charge in [0.25, 0.3) is 5.60 Å². The molecule has 2 aromatic carbocycles. The third-order valence-electron chi connectivity index (χ3n) is 5.99. The van der Waals surface area contributed by atoms with Gasteiger partial charge in [-0.05, 0) is 38.5 Å². The van der Waals surface area contributed by atoms with Crippen LogP contribution in [0, 0.1) is 0 Å². The van der Waals surface area contributed by atoms with Crippen LogP contribution in [0.3, 0.4) is 0 Å².